The number of rotatable bonds is 3. The second kappa shape index (κ2) is 6.24. The number of hydrogen-bond donors (Lipinski definition) is 0. The Bertz CT molecular complexity index is 722. The Kier molecular flexibility index (Phi) is 4.50. The molecule has 0 aromatic heterocycles. The molecule has 0 radical (unpaired) electrons. The van der Waals surface area contributed by atoms with Crippen molar-refractivity contribution in [2.45, 2.75) is 36.1 Å². The molecular formula is C18H18INOS. The van der Waals surface area contributed by atoms with Crippen LogP contribution in [0.4, 0.5) is 0 Å². The van der Waals surface area contributed by atoms with Gasteiger partial charge in [0.05, 0.1) is 5.54 Å². The van der Waals surface area contributed by atoms with Crippen LogP contribution >= 0.6 is 34.4 Å². The number of ether oxygens (including phenoxy) is 1. The van der Waals surface area contributed by atoms with E-state index in [-0.39, 0.29) is 5.54 Å². The van der Waals surface area contributed by atoms with E-state index in [9.17, 15) is 0 Å². The van der Waals surface area contributed by atoms with Gasteiger partial charge in [0.25, 0.3) is 0 Å². The number of halogens is 1. The van der Waals surface area contributed by atoms with Crippen molar-refractivity contribution in [1.82, 2.24) is 0 Å². The molecule has 0 N–H and O–H groups in total. The maximum absolute atomic E-state index is 5.77. The van der Waals surface area contributed by atoms with Crippen LogP contribution in [-0.2, 0) is 4.74 Å². The Labute approximate surface area is 149 Å². The van der Waals surface area contributed by atoms with Crippen molar-refractivity contribution in [3.63, 3.8) is 0 Å². The summed E-state index contributed by atoms with van der Waals surface area (Å²) in [5.41, 5.74) is 2.22. The van der Waals surface area contributed by atoms with Crippen LogP contribution in [0.5, 0.6) is 0 Å². The van der Waals surface area contributed by atoms with Gasteiger partial charge < -0.3 is 4.74 Å². The van der Waals surface area contributed by atoms with Crippen LogP contribution in [0, 0.1) is 10.5 Å². The zero-order valence-electron chi connectivity index (χ0n) is 12.9. The average Bonchev–Trinajstić information content (AvgIpc) is 2.81. The zero-order chi connectivity index (χ0) is 15.7. The summed E-state index contributed by atoms with van der Waals surface area (Å²) >= 11 is 4.12. The van der Waals surface area contributed by atoms with Crippen molar-refractivity contribution in [1.29, 1.82) is 0 Å². The largest absolute Gasteiger partial charge is 0.475 e. The summed E-state index contributed by atoms with van der Waals surface area (Å²) in [7, 11) is 0. The number of benzene rings is 2. The summed E-state index contributed by atoms with van der Waals surface area (Å²) in [5.74, 6) is 0.759. The maximum Gasteiger partial charge on any atom is 0.216 e. The minimum Gasteiger partial charge on any atom is -0.475 e. The molecule has 0 saturated heterocycles. The minimum atomic E-state index is -0.124. The molecule has 1 heterocycles. The SMILES string of the molecule is Cc1ccc(Sc2cc(I)cc(C3=NC(C)(C)CO3)c2)cc1. The molecule has 2 nitrogen and oxygen atoms in total. The van der Waals surface area contributed by atoms with Crippen LogP contribution in [0.3, 0.4) is 0 Å². The van der Waals surface area contributed by atoms with Crippen molar-refractivity contribution < 1.29 is 4.74 Å². The van der Waals surface area contributed by atoms with Gasteiger partial charge in [-0.15, -0.1) is 0 Å². The van der Waals surface area contributed by atoms with Gasteiger partial charge in [-0.1, -0.05) is 29.5 Å². The third-order valence-electron chi connectivity index (χ3n) is 3.34. The van der Waals surface area contributed by atoms with Gasteiger partial charge in [0.15, 0.2) is 0 Å². The van der Waals surface area contributed by atoms with Crippen molar-refractivity contribution in [2.24, 2.45) is 4.99 Å². The monoisotopic (exact) mass is 423 g/mol. The first-order chi connectivity index (χ1) is 10.4. The first-order valence-corrected chi connectivity index (χ1v) is 9.09. The Morgan fingerprint density at radius 2 is 1.82 bits per heavy atom. The van der Waals surface area contributed by atoms with E-state index in [1.807, 2.05) is 0 Å². The van der Waals surface area contributed by atoms with Gasteiger partial charge in [-0.2, -0.15) is 0 Å². The second-order valence-corrected chi connectivity index (χ2v) is 8.50. The predicted molar refractivity (Wildman–Crippen MR) is 101 cm³/mol. The van der Waals surface area contributed by atoms with Gasteiger partial charge in [0.1, 0.15) is 6.61 Å². The molecular weight excluding hydrogens is 405 g/mol. The zero-order valence-corrected chi connectivity index (χ0v) is 15.9. The summed E-state index contributed by atoms with van der Waals surface area (Å²) in [5, 5.41) is 0. The molecule has 2 aromatic rings. The first kappa shape index (κ1) is 15.9. The molecule has 0 bridgehead atoms. The van der Waals surface area contributed by atoms with Crippen molar-refractivity contribution in [2.75, 3.05) is 6.61 Å². The standard InChI is InChI=1S/C18H18INOS/c1-12-4-6-15(7-5-12)22-16-9-13(8-14(19)10-16)17-20-18(2,3)11-21-17/h4-10H,11H2,1-3H3. The van der Waals surface area contributed by atoms with E-state index < -0.39 is 0 Å². The van der Waals surface area contributed by atoms with E-state index >= 15 is 0 Å². The number of nitrogens with zero attached hydrogens (tertiary/aromatic N) is 1. The Morgan fingerprint density at radius 3 is 2.45 bits per heavy atom. The minimum absolute atomic E-state index is 0.124. The van der Waals surface area contributed by atoms with Gasteiger partial charge in [0, 0.05) is 18.9 Å². The summed E-state index contributed by atoms with van der Waals surface area (Å²) in [6, 6.07) is 15.1. The smallest absolute Gasteiger partial charge is 0.216 e. The van der Waals surface area contributed by atoms with E-state index in [2.05, 4.69) is 90.8 Å². The average molecular weight is 423 g/mol. The van der Waals surface area contributed by atoms with Crippen LogP contribution in [0.2, 0.25) is 0 Å². The highest BCUT2D eigenvalue weighted by Gasteiger charge is 2.27. The third kappa shape index (κ3) is 3.84. The molecule has 0 spiro atoms. The second-order valence-electron chi connectivity index (χ2n) is 6.11. The van der Waals surface area contributed by atoms with Crippen LogP contribution < -0.4 is 0 Å². The van der Waals surface area contributed by atoms with Crippen LogP contribution in [0.1, 0.15) is 25.0 Å². The Balaban J connectivity index is 1.89. The molecule has 22 heavy (non-hydrogen) atoms. The van der Waals surface area contributed by atoms with Crippen LogP contribution in [0.15, 0.2) is 57.2 Å². The summed E-state index contributed by atoms with van der Waals surface area (Å²) in [6.07, 6.45) is 0. The quantitative estimate of drug-likeness (QED) is 0.625. The molecule has 2 aromatic carbocycles. The van der Waals surface area contributed by atoms with Gasteiger partial charge in [-0.05, 0) is 73.7 Å². The molecule has 0 fully saturated rings. The highest BCUT2D eigenvalue weighted by molar-refractivity contribution is 14.1. The molecule has 4 heteroatoms. The number of aryl methyl sites for hydroxylation is 1. The third-order valence-corrected chi connectivity index (χ3v) is 4.94. The molecule has 1 aliphatic rings. The van der Waals surface area contributed by atoms with E-state index in [0.717, 1.165) is 11.5 Å². The van der Waals surface area contributed by atoms with Crippen molar-refractivity contribution >= 4 is 40.3 Å². The van der Waals surface area contributed by atoms with E-state index in [4.69, 9.17) is 4.74 Å². The molecule has 3 rings (SSSR count). The van der Waals surface area contributed by atoms with Crippen LogP contribution in [-0.4, -0.2) is 18.0 Å². The summed E-state index contributed by atoms with van der Waals surface area (Å²) in [6.45, 7) is 6.94. The lowest BCUT2D eigenvalue weighted by Crippen LogP contribution is -2.17. The fourth-order valence-electron chi connectivity index (χ4n) is 2.22. The van der Waals surface area contributed by atoms with Crippen molar-refractivity contribution in [3.8, 4) is 0 Å². The molecule has 0 atom stereocenters. The van der Waals surface area contributed by atoms with Gasteiger partial charge >= 0.3 is 0 Å². The summed E-state index contributed by atoms with van der Waals surface area (Å²) < 4.78 is 6.96. The fraction of sp³-hybridized carbons (Fsp3) is 0.278. The molecule has 0 unspecified atom stereocenters. The normalized spacial score (nSPS) is 16.3. The number of aliphatic imine (C=N–C) groups is 1. The highest BCUT2D eigenvalue weighted by atomic mass is 127. The molecule has 0 saturated carbocycles. The van der Waals surface area contributed by atoms with Gasteiger partial charge in [-0.25, -0.2) is 4.99 Å². The van der Waals surface area contributed by atoms with E-state index in [1.165, 1.54) is 18.9 Å². The van der Waals surface area contributed by atoms with Gasteiger partial charge in [0.2, 0.25) is 5.90 Å². The Morgan fingerprint density at radius 1 is 1.09 bits per heavy atom. The maximum atomic E-state index is 5.77. The predicted octanol–water partition coefficient (Wildman–Crippen LogP) is 5.31. The highest BCUT2D eigenvalue weighted by Crippen LogP contribution is 2.31. The Hall–Kier alpha value is -1.01. The number of hydrogen-bond acceptors (Lipinski definition) is 3. The summed E-state index contributed by atoms with van der Waals surface area (Å²) in [4.78, 5) is 7.13. The lowest BCUT2D eigenvalue weighted by molar-refractivity contribution is 0.279. The van der Waals surface area contributed by atoms with E-state index in [1.54, 1.807) is 11.8 Å². The molecule has 0 amide bonds. The van der Waals surface area contributed by atoms with E-state index in [0.29, 0.717) is 6.61 Å². The lowest BCUT2D eigenvalue weighted by atomic mass is 10.1. The lowest BCUT2D eigenvalue weighted by Gasteiger charge is -2.07. The first-order valence-electron chi connectivity index (χ1n) is 7.19. The fourth-order valence-corrected chi connectivity index (χ4v) is 4.02. The molecule has 0 aliphatic carbocycles. The van der Waals surface area contributed by atoms with Gasteiger partial charge in [-0.3, -0.25) is 0 Å². The molecule has 114 valence electrons. The molecule has 1 aliphatic heterocycles. The topological polar surface area (TPSA) is 21.6 Å². The van der Waals surface area contributed by atoms with Crippen molar-refractivity contribution in [3.05, 3.63) is 57.2 Å². The van der Waals surface area contributed by atoms with Crippen LogP contribution in [0.25, 0.3) is 0 Å².